The van der Waals surface area contributed by atoms with Crippen molar-refractivity contribution in [3.05, 3.63) is 65.7 Å². The van der Waals surface area contributed by atoms with Crippen molar-refractivity contribution in [2.24, 2.45) is 0 Å². The second-order valence-electron chi connectivity index (χ2n) is 8.56. The zero-order valence-electron chi connectivity index (χ0n) is 17.7. The van der Waals surface area contributed by atoms with Gasteiger partial charge in [0.05, 0.1) is 17.8 Å². The first-order chi connectivity index (χ1) is 13.2. The van der Waals surface area contributed by atoms with Crippen LogP contribution in [0.4, 0.5) is 0 Å². The number of carbonyl (C=O) groups excluding carboxylic acids is 1. The molecule has 4 heteroatoms. The highest BCUT2D eigenvalue weighted by Crippen LogP contribution is 2.22. The van der Waals surface area contributed by atoms with Crippen molar-refractivity contribution in [1.82, 2.24) is 0 Å². The summed E-state index contributed by atoms with van der Waals surface area (Å²) in [6.45, 7) is 10.6. The summed E-state index contributed by atoms with van der Waals surface area (Å²) < 4.78 is 5.79. The Balaban J connectivity index is 1.72. The van der Waals surface area contributed by atoms with E-state index in [2.05, 4.69) is 0 Å². The van der Waals surface area contributed by atoms with Crippen LogP contribution in [0.3, 0.4) is 0 Å². The number of benzene rings is 2. The van der Waals surface area contributed by atoms with Crippen LogP contribution in [0.15, 0.2) is 54.6 Å². The quantitative estimate of drug-likeness (QED) is 0.218. The molecule has 0 saturated heterocycles. The Kier molecular flexibility index (Phi) is 7.78. The fourth-order valence-corrected chi connectivity index (χ4v) is 2.58. The Bertz CT molecular complexity index is 727. The fraction of sp³-hybridized carbons (Fsp3) is 0.458. The van der Waals surface area contributed by atoms with E-state index in [1.807, 2.05) is 89.2 Å². The molecular formula is C24H32O4. The maximum Gasteiger partial charge on any atom is 0.193 e. The van der Waals surface area contributed by atoms with Crippen LogP contribution in [0.2, 0.25) is 0 Å². The molecule has 0 unspecified atom stereocenters. The summed E-state index contributed by atoms with van der Waals surface area (Å²) in [5.41, 5.74) is 0.717. The largest absolute Gasteiger partial charge is 0.494 e. The molecular weight excluding hydrogens is 352 g/mol. The molecule has 0 spiro atoms. The predicted molar refractivity (Wildman–Crippen MR) is 112 cm³/mol. The molecule has 0 amide bonds. The van der Waals surface area contributed by atoms with Gasteiger partial charge < -0.3 is 4.74 Å². The lowest BCUT2D eigenvalue weighted by atomic mass is 10.0. The topological polar surface area (TPSA) is 44.8 Å². The lowest BCUT2D eigenvalue weighted by Gasteiger charge is -2.28. The van der Waals surface area contributed by atoms with Crippen LogP contribution < -0.4 is 4.74 Å². The molecule has 152 valence electrons. The Morgan fingerprint density at radius 2 is 1.39 bits per heavy atom. The summed E-state index contributed by atoms with van der Waals surface area (Å²) in [6, 6.07) is 16.6. The Hall–Kier alpha value is -2.17. The van der Waals surface area contributed by atoms with Crippen molar-refractivity contribution < 1.29 is 19.3 Å². The Morgan fingerprint density at radius 1 is 0.786 bits per heavy atom. The predicted octanol–water partition coefficient (Wildman–Crippen LogP) is 5.99. The first-order valence-corrected chi connectivity index (χ1v) is 9.86. The SMILES string of the molecule is CC(C)(C)OOC(C)(C)CCCCOc1ccc(C(=O)c2ccccc2)cc1. The number of hydrogen-bond acceptors (Lipinski definition) is 4. The van der Waals surface area contributed by atoms with Gasteiger partial charge in [-0.1, -0.05) is 30.3 Å². The van der Waals surface area contributed by atoms with Gasteiger partial charge in [0, 0.05) is 11.1 Å². The minimum atomic E-state index is -0.327. The first kappa shape index (κ1) is 22.1. The van der Waals surface area contributed by atoms with E-state index in [1.165, 1.54) is 0 Å². The summed E-state index contributed by atoms with van der Waals surface area (Å²) >= 11 is 0. The summed E-state index contributed by atoms with van der Waals surface area (Å²) in [7, 11) is 0. The van der Waals surface area contributed by atoms with Crippen molar-refractivity contribution >= 4 is 5.78 Å². The molecule has 28 heavy (non-hydrogen) atoms. The molecule has 0 saturated carbocycles. The monoisotopic (exact) mass is 384 g/mol. The molecule has 0 aliphatic rings. The lowest BCUT2D eigenvalue weighted by molar-refractivity contribution is -0.398. The molecule has 0 N–H and O–H groups in total. The molecule has 0 aliphatic heterocycles. The number of rotatable bonds is 10. The molecule has 2 aromatic rings. The van der Waals surface area contributed by atoms with E-state index >= 15 is 0 Å². The molecule has 2 rings (SSSR count). The number of hydrogen-bond donors (Lipinski definition) is 0. The van der Waals surface area contributed by atoms with E-state index in [1.54, 1.807) is 0 Å². The van der Waals surface area contributed by atoms with Gasteiger partial charge in [0.25, 0.3) is 0 Å². The second-order valence-corrected chi connectivity index (χ2v) is 8.56. The van der Waals surface area contributed by atoms with Crippen LogP contribution in [0.5, 0.6) is 5.75 Å². The van der Waals surface area contributed by atoms with Gasteiger partial charge in [-0.3, -0.25) is 4.79 Å². The van der Waals surface area contributed by atoms with Gasteiger partial charge in [0.2, 0.25) is 0 Å². The Labute approximate surface area is 168 Å². The summed E-state index contributed by atoms with van der Waals surface area (Å²) in [4.78, 5) is 23.4. The maximum absolute atomic E-state index is 12.4. The highest BCUT2D eigenvalue weighted by molar-refractivity contribution is 6.08. The molecule has 0 radical (unpaired) electrons. The van der Waals surface area contributed by atoms with E-state index in [0.717, 1.165) is 25.0 Å². The summed E-state index contributed by atoms with van der Waals surface area (Å²) in [6.07, 6.45) is 2.79. The van der Waals surface area contributed by atoms with Gasteiger partial charge in [-0.05, 0) is 78.1 Å². The third-order valence-corrected chi connectivity index (χ3v) is 4.11. The average Bonchev–Trinajstić information content (AvgIpc) is 2.66. The van der Waals surface area contributed by atoms with Crippen molar-refractivity contribution in [3.63, 3.8) is 0 Å². The van der Waals surface area contributed by atoms with Gasteiger partial charge in [-0.2, -0.15) is 0 Å². The van der Waals surface area contributed by atoms with E-state index in [9.17, 15) is 4.79 Å². The minimum absolute atomic E-state index is 0.0202. The minimum Gasteiger partial charge on any atom is -0.494 e. The van der Waals surface area contributed by atoms with Gasteiger partial charge in [0.15, 0.2) is 5.78 Å². The summed E-state index contributed by atoms with van der Waals surface area (Å²) in [5, 5.41) is 0. The van der Waals surface area contributed by atoms with Crippen LogP contribution in [0, 0.1) is 0 Å². The van der Waals surface area contributed by atoms with E-state index in [-0.39, 0.29) is 17.0 Å². The lowest BCUT2D eigenvalue weighted by Crippen LogP contribution is -2.30. The van der Waals surface area contributed by atoms with Gasteiger partial charge >= 0.3 is 0 Å². The van der Waals surface area contributed by atoms with Crippen molar-refractivity contribution in [2.75, 3.05) is 6.61 Å². The second kappa shape index (κ2) is 9.85. The third kappa shape index (κ3) is 7.83. The van der Waals surface area contributed by atoms with Crippen LogP contribution >= 0.6 is 0 Å². The first-order valence-electron chi connectivity index (χ1n) is 9.86. The van der Waals surface area contributed by atoms with Gasteiger partial charge in [0.1, 0.15) is 5.75 Å². The molecule has 0 bridgehead atoms. The fourth-order valence-electron chi connectivity index (χ4n) is 2.58. The molecule has 4 nitrogen and oxygen atoms in total. The van der Waals surface area contributed by atoms with Crippen molar-refractivity contribution in [2.45, 2.75) is 65.1 Å². The van der Waals surface area contributed by atoms with Crippen LogP contribution in [0.1, 0.15) is 69.8 Å². The Morgan fingerprint density at radius 3 is 2.00 bits per heavy atom. The molecule has 2 aromatic carbocycles. The molecule has 0 aliphatic carbocycles. The normalized spacial score (nSPS) is 12.0. The van der Waals surface area contributed by atoms with E-state index in [4.69, 9.17) is 14.5 Å². The standard InChI is InChI=1S/C24H32O4/c1-23(2,3)27-28-24(4,5)17-9-10-18-26-21-15-13-20(14-16-21)22(25)19-11-7-6-8-12-19/h6-8,11-16H,9-10,17-18H2,1-5H3. The van der Waals surface area contributed by atoms with Crippen molar-refractivity contribution in [3.8, 4) is 5.75 Å². The molecule has 0 heterocycles. The highest BCUT2D eigenvalue weighted by Gasteiger charge is 2.23. The third-order valence-electron chi connectivity index (χ3n) is 4.11. The molecule has 0 aromatic heterocycles. The van der Waals surface area contributed by atoms with Crippen LogP contribution in [0.25, 0.3) is 0 Å². The highest BCUT2D eigenvalue weighted by atomic mass is 17.2. The number of ether oxygens (including phenoxy) is 1. The molecule has 0 atom stereocenters. The van der Waals surface area contributed by atoms with Crippen molar-refractivity contribution in [1.29, 1.82) is 0 Å². The summed E-state index contributed by atoms with van der Waals surface area (Å²) in [5.74, 6) is 0.794. The van der Waals surface area contributed by atoms with Crippen LogP contribution in [-0.2, 0) is 9.78 Å². The van der Waals surface area contributed by atoms with Gasteiger partial charge in [-0.15, -0.1) is 0 Å². The van der Waals surface area contributed by atoms with Gasteiger partial charge in [-0.25, -0.2) is 9.78 Å². The van der Waals surface area contributed by atoms with E-state index < -0.39 is 0 Å². The average molecular weight is 385 g/mol. The maximum atomic E-state index is 12.4. The van der Waals surface area contributed by atoms with E-state index in [0.29, 0.717) is 17.7 Å². The number of carbonyl (C=O) groups is 1. The number of unbranched alkanes of at least 4 members (excludes halogenated alkanes) is 1. The van der Waals surface area contributed by atoms with Crippen LogP contribution in [-0.4, -0.2) is 23.6 Å². The zero-order valence-corrected chi connectivity index (χ0v) is 17.7. The smallest absolute Gasteiger partial charge is 0.193 e. The number of ketones is 1. The molecule has 0 fully saturated rings. The zero-order chi connectivity index (χ0) is 20.6.